The predicted octanol–water partition coefficient (Wildman–Crippen LogP) is 4.09. The molecule has 2 aromatic carbocycles. The van der Waals surface area contributed by atoms with Gasteiger partial charge in [0.1, 0.15) is 11.4 Å². The molecule has 7 heteroatoms. The van der Waals surface area contributed by atoms with Crippen LogP contribution in [0.2, 0.25) is 0 Å². The molecule has 0 spiro atoms. The number of aryl methyl sites for hydroxylation is 1. The quantitative estimate of drug-likeness (QED) is 0.611. The van der Waals surface area contributed by atoms with E-state index in [-0.39, 0.29) is 11.7 Å². The van der Waals surface area contributed by atoms with Crippen molar-refractivity contribution in [2.45, 2.75) is 26.7 Å². The van der Waals surface area contributed by atoms with Gasteiger partial charge in [0.15, 0.2) is 0 Å². The Morgan fingerprint density at radius 1 is 1.17 bits per heavy atom. The molecule has 0 saturated carbocycles. The highest BCUT2D eigenvalue weighted by atomic mass is 19.1. The van der Waals surface area contributed by atoms with Crippen molar-refractivity contribution in [3.05, 3.63) is 76.9 Å². The molecule has 1 amide bonds. The summed E-state index contributed by atoms with van der Waals surface area (Å²) in [5, 5.41) is 4.28. The van der Waals surface area contributed by atoms with Gasteiger partial charge in [-0.25, -0.2) is 13.9 Å². The third-order valence-corrected chi connectivity index (χ3v) is 5.27. The number of carbonyl (C=O) groups excluding carboxylic acids is 2. The topological polar surface area (TPSA) is 64.4 Å². The van der Waals surface area contributed by atoms with Gasteiger partial charge in [-0.05, 0) is 74.7 Å². The van der Waals surface area contributed by atoms with Crippen LogP contribution in [0.4, 0.5) is 10.1 Å². The molecule has 1 aliphatic rings. The van der Waals surface area contributed by atoms with Gasteiger partial charge in [0.2, 0.25) is 0 Å². The van der Waals surface area contributed by atoms with Crippen molar-refractivity contribution in [2.24, 2.45) is 0 Å². The Balaban J connectivity index is 1.58. The molecule has 4 rings (SSSR count). The van der Waals surface area contributed by atoms with Gasteiger partial charge >= 0.3 is 5.97 Å². The van der Waals surface area contributed by atoms with E-state index in [1.54, 1.807) is 53.8 Å². The lowest BCUT2D eigenvalue weighted by atomic mass is 10.0. The molecule has 0 aliphatic carbocycles. The van der Waals surface area contributed by atoms with Crippen molar-refractivity contribution in [1.29, 1.82) is 0 Å². The number of nitrogens with zero attached hydrogens (tertiary/aromatic N) is 3. The fourth-order valence-electron chi connectivity index (χ4n) is 3.76. The first-order valence-corrected chi connectivity index (χ1v) is 9.92. The van der Waals surface area contributed by atoms with Crippen LogP contribution in [0.25, 0.3) is 5.69 Å². The number of hydrogen-bond acceptors (Lipinski definition) is 4. The number of esters is 1. The van der Waals surface area contributed by atoms with E-state index in [9.17, 15) is 14.0 Å². The van der Waals surface area contributed by atoms with Crippen LogP contribution in [-0.4, -0.2) is 34.8 Å². The summed E-state index contributed by atoms with van der Waals surface area (Å²) in [7, 11) is 0. The Morgan fingerprint density at radius 2 is 1.93 bits per heavy atom. The maximum absolute atomic E-state index is 13.5. The maximum Gasteiger partial charge on any atom is 0.341 e. The van der Waals surface area contributed by atoms with Gasteiger partial charge in [-0.1, -0.05) is 0 Å². The second-order valence-corrected chi connectivity index (χ2v) is 7.16. The number of aromatic nitrogens is 2. The number of halogens is 1. The maximum atomic E-state index is 13.5. The first-order valence-electron chi connectivity index (χ1n) is 9.92. The Labute approximate surface area is 173 Å². The monoisotopic (exact) mass is 407 g/mol. The van der Waals surface area contributed by atoms with E-state index in [4.69, 9.17) is 4.74 Å². The summed E-state index contributed by atoms with van der Waals surface area (Å²) in [5.74, 6) is -0.823. The van der Waals surface area contributed by atoms with Gasteiger partial charge in [0.05, 0.1) is 24.2 Å². The SMILES string of the molecule is CCOC(=O)c1cnn(-c2ccc(C(=O)N3CCCc4cc(F)ccc43)cc2)c1C. The highest BCUT2D eigenvalue weighted by molar-refractivity contribution is 6.06. The molecule has 30 heavy (non-hydrogen) atoms. The summed E-state index contributed by atoms with van der Waals surface area (Å²) in [4.78, 5) is 26.8. The van der Waals surface area contributed by atoms with Crippen molar-refractivity contribution in [2.75, 3.05) is 18.1 Å². The predicted molar refractivity (Wildman–Crippen MR) is 111 cm³/mol. The fraction of sp³-hybridized carbons (Fsp3) is 0.261. The number of amides is 1. The molecule has 1 aromatic heterocycles. The Hall–Kier alpha value is -3.48. The van der Waals surface area contributed by atoms with Crippen LogP contribution in [0.3, 0.4) is 0 Å². The standard InChI is InChI=1S/C23H22FN3O3/c1-3-30-23(29)20-14-25-27(15(20)2)19-9-6-16(7-10-19)22(28)26-12-4-5-17-13-18(24)8-11-21(17)26/h6-11,13-14H,3-5,12H2,1-2H3. The number of rotatable bonds is 4. The number of ether oxygens (including phenoxy) is 1. The van der Waals surface area contributed by atoms with Crippen LogP contribution >= 0.6 is 0 Å². The Kier molecular flexibility index (Phi) is 5.35. The minimum atomic E-state index is -0.409. The van der Waals surface area contributed by atoms with Crippen LogP contribution in [0.5, 0.6) is 0 Å². The highest BCUT2D eigenvalue weighted by Gasteiger charge is 2.24. The zero-order valence-corrected chi connectivity index (χ0v) is 16.9. The van der Waals surface area contributed by atoms with Gasteiger partial charge in [-0.2, -0.15) is 5.10 Å². The van der Waals surface area contributed by atoms with Crippen molar-refractivity contribution in [3.63, 3.8) is 0 Å². The normalized spacial score (nSPS) is 13.1. The number of benzene rings is 2. The first-order chi connectivity index (χ1) is 14.5. The molecule has 0 N–H and O–H groups in total. The van der Waals surface area contributed by atoms with Gasteiger partial charge in [-0.3, -0.25) is 4.79 Å². The van der Waals surface area contributed by atoms with Crippen LogP contribution in [0.1, 0.15) is 45.3 Å². The van der Waals surface area contributed by atoms with Crippen molar-refractivity contribution >= 4 is 17.6 Å². The lowest BCUT2D eigenvalue weighted by Crippen LogP contribution is -2.35. The number of fused-ring (bicyclic) bond motifs is 1. The molecule has 0 fully saturated rings. The van der Waals surface area contributed by atoms with E-state index in [0.29, 0.717) is 30.0 Å². The van der Waals surface area contributed by atoms with E-state index < -0.39 is 5.97 Å². The summed E-state index contributed by atoms with van der Waals surface area (Å²) in [5.41, 5.74) is 3.96. The second kappa shape index (κ2) is 8.10. The summed E-state index contributed by atoms with van der Waals surface area (Å²) >= 11 is 0. The van der Waals surface area contributed by atoms with Gasteiger partial charge in [-0.15, -0.1) is 0 Å². The molecule has 0 unspecified atom stereocenters. The minimum Gasteiger partial charge on any atom is -0.462 e. The average molecular weight is 407 g/mol. The van der Waals surface area contributed by atoms with Gasteiger partial charge in [0, 0.05) is 17.8 Å². The zero-order valence-electron chi connectivity index (χ0n) is 16.9. The van der Waals surface area contributed by atoms with E-state index in [1.807, 2.05) is 0 Å². The smallest absolute Gasteiger partial charge is 0.341 e. The van der Waals surface area contributed by atoms with E-state index in [0.717, 1.165) is 29.8 Å². The summed E-state index contributed by atoms with van der Waals surface area (Å²) < 4.78 is 20.2. The van der Waals surface area contributed by atoms with Crippen molar-refractivity contribution in [3.8, 4) is 5.69 Å². The summed E-state index contributed by atoms with van der Waals surface area (Å²) in [6.45, 7) is 4.44. The molecular formula is C23H22FN3O3. The Morgan fingerprint density at radius 3 is 2.67 bits per heavy atom. The molecule has 154 valence electrons. The molecule has 0 bridgehead atoms. The van der Waals surface area contributed by atoms with Crippen LogP contribution in [-0.2, 0) is 11.2 Å². The number of hydrogen-bond donors (Lipinski definition) is 0. The minimum absolute atomic E-state index is 0.126. The first kappa shape index (κ1) is 19.8. The lowest BCUT2D eigenvalue weighted by Gasteiger charge is -2.29. The summed E-state index contributed by atoms with van der Waals surface area (Å²) in [6, 6.07) is 11.6. The largest absolute Gasteiger partial charge is 0.462 e. The molecule has 0 radical (unpaired) electrons. The van der Waals surface area contributed by atoms with E-state index in [1.165, 1.54) is 18.3 Å². The third-order valence-electron chi connectivity index (χ3n) is 5.27. The molecule has 6 nitrogen and oxygen atoms in total. The second-order valence-electron chi connectivity index (χ2n) is 7.16. The molecule has 1 aliphatic heterocycles. The molecule has 3 aromatic rings. The van der Waals surface area contributed by atoms with Gasteiger partial charge in [0.25, 0.3) is 5.91 Å². The van der Waals surface area contributed by atoms with E-state index in [2.05, 4.69) is 5.10 Å². The van der Waals surface area contributed by atoms with Crippen LogP contribution in [0.15, 0.2) is 48.7 Å². The van der Waals surface area contributed by atoms with Crippen LogP contribution < -0.4 is 4.90 Å². The third kappa shape index (κ3) is 3.58. The van der Waals surface area contributed by atoms with Gasteiger partial charge < -0.3 is 9.64 Å². The summed E-state index contributed by atoms with van der Waals surface area (Å²) in [6.07, 6.45) is 3.04. The average Bonchev–Trinajstić information content (AvgIpc) is 3.14. The van der Waals surface area contributed by atoms with Crippen molar-refractivity contribution in [1.82, 2.24) is 9.78 Å². The van der Waals surface area contributed by atoms with E-state index >= 15 is 0 Å². The molecule has 0 atom stereocenters. The fourth-order valence-corrected chi connectivity index (χ4v) is 3.76. The number of anilines is 1. The van der Waals surface area contributed by atoms with Crippen LogP contribution in [0, 0.1) is 12.7 Å². The zero-order chi connectivity index (χ0) is 21.3. The van der Waals surface area contributed by atoms with Crippen molar-refractivity contribution < 1.29 is 18.7 Å². The molecule has 0 saturated heterocycles. The molecular weight excluding hydrogens is 385 g/mol. The Bertz CT molecular complexity index is 1110. The highest BCUT2D eigenvalue weighted by Crippen LogP contribution is 2.29. The number of carbonyl (C=O) groups is 2. The molecule has 2 heterocycles. The lowest BCUT2D eigenvalue weighted by molar-refractivity contribution is 0.0525.